The zero-order valence-electron chi connectivity index (χ0n) is 23.1. The summed E-state index contributed by atoms with van der Waals surface area (Å²) in [5.74, 6) is -1.55. The lowest BCUT2D eigenvalue weighted by molar-refractivity contribution is -0.384. The highest BCUT2D eigenvalue weighted by Gasteiger charge is 2.54. The predicted molar refractivity (Wildman–Crippen MR) is 143 cm³/mol. The minimum absolute atomic E-state index is 0.0273. The van der Waals surface area contributed by atoms with Crippen LogP contribution in [-0.4, -0.2) is 65.2 Å². The normalized spacial score (nSPS) is 19.0. The number of carbonyl (C=O) groups excluding carboxylic acids is 2. The van der Waals surface area contributed by atoms with Crippen LogP contribution in [0.25, 0.3) is 0 Å². The van der Waals surface area contributed by atoms with Crippen LogP contribution in [0.5, 0.6) is 5.75 Å². The summed E-state index contributed by atoms with van der Waals surface area (Å²) in [5.41, 5.74) is 0.427. The molecule has 1 amide bonds. The Labute approximate surface area is 236 Å². The zero-order valence-corrected chi connectivity index (χ0v) is 23.1. The van der Waals surface area contributed by atoms with Crippen LogP contribution in [-0.2, 0) is 27.3 Å². The quantitative estimate of drug-likeness (QED) is 0.232. The monoisotopic (exact) mass is 577 g/mol. The Balaban J connectivity index is 1.48. The number of benzene rings is 2. The minimum atomic E-state index is -5.14. The number of nitro groups is 1. The molecule has 2 saturated heterocycles. The van der Waals surface area contributed by atoms with Crippen LogP contribution in [0.1, 0.15) is 44.2 Å². The van der Waals surface area contributed by atoms with Gasteiger partial charge in [-0.3, -0.25) is 19.8 Å². The molecule has 0 aromatic heterocycles. The average molecular weight is 578 g/mol. The topological polar surface area (TPSA) is 102 Å². The SMILES string of the molecule is CC(C)COc1ccccc1CN1CCC2(CCN(C(=O)Cc3cccc([N+](=O)[O-])c3)CC2)C1OC(=O)C(F)(F)F. The van der Waals surface area contributed by atoms with Gasteiger partial charge in [-0.25, -0.2) is 4.79 Å². The number of esters is 1. The zero-order chi connectivity index (χ0) is 29.8. The number of piperidine rings is 1. The van der Waals surface area contributed by atoms with E-state index in [-0.39, 0.29) is 43.6 Å². The van der Waals surface area contributed by atoms with E-state index in [1.807, 2.05) is 38.1 Å². The molecule has 41 heavy (non-hydrogen) atoms. The third-order valence-corrected chi connectivity index (χ3v) is 7.71. The van der Waals surface area contributed by atoms with Gasteiger partial charge < -0.3 is 14.4 Å². The summed E-state index contributed by atoms with van der Waals surface area (Å²) in [6, 6.07) is 13.2. The maximum absolute atomic E-state index is 13.3. The van der Waals surface area contributed by atoms with Gasteiger partial charge in [-0.2, -0.15) is 13.2 Å². The Hall–Kier alpha value is -3.67. The van der Waals surface area contributed by atoms with Gasteiger partial charge in [0.1, 0.15) is 5.75 Å². The molecule has 1 unspecified atom stereocenters. The van der Waals surface area contributed by atoms with E-state index in [9.17, 15) is 32.9 Å². The molecule has 0 aliphatic carbocycles. The molecule has 2 heterocycles. The van der Waals surface area contributed by atoms with Crippen molar-refractivity contribution >= 4 is 17.6 Å². The highest BCUT2D eigenvalue weighted by atomic mass is 19.4. The van der Waals surface area contributed by atoms with Crippen LogP contribution >= 0.6 is 0 Å². The number of nitro benzene ring substituents is 1. The highest BCUT2D eigenvalue weighted by Crippen LogP contribution is 2.47. The molecule has 2 aliphatic heterocycles. The average Bonchev–Trinajstić information content (AvgIpc) is 3.23. The molecule has 2 aromatic carbocycles. The van der Waals surface area contributed by atoms with Crippen molar-refractivity contribution in [1.29, 1.82) is 0 Å². The van der Waals surface area contributed by atoms with E-state index < -0.39 is 28.7 Å². The van der Waals surface area contributed by atoms with Gasteiger partial charge >= 0.3 is 12.1 Å². The first kappa shape index (κ1) is 30.3. The summed E-state index contributed by atoms with van der Waals surface area (Å²) in [5, 5.41) is 11.1. The summed E-state index contributed by atoms with van der Waals surface area (Å²) >= 11 is 0. The molecule has 9 nitrogen and oxygen atoms in total. The van der Waals surface area contributed by atoms with E-state index in [0.29, 0.717) is 43.7 Å². The van der Waals surface area contributed by atoms with Crippen LogP contribution < -0.4 is 4.74 Å². The van der Waals surface area contributed by atoms with Crippen molar-refractivity contribution in [2.75, 3.05) is 26.2 Å². The van der Waals surface area contributed by atoms with E-state index in [1.54, 1.807) is 15.9 Å². The van der Waals surface area contributed by atoms with Crippen LogP contribution in [0.15, 0.2) is 48.5 Å². The Kier molecular flexibility index (Phi) is 9.21. The van der Waals surface area contributed by atoms with Crippen molar-refractivity contribution in [3.05, 3.63) is 69.8 Å². The smallest absolute Gasteiger partial charge is 0.490 e. The Morgan fingerprint density at radius 2 is 1.76 bits per heavy atom. The summed E-state index contributed by atoms with van der Waals surface area (Å²) < 4.78 is 51.0. The number of ether oxygens (including phenoxy) is 2. The van der Waals surface area contributed by atoms with Crippen molar-refractivity contribution in [1.82, 2.24) is 9.80 Å². The van der Waals surface area contributed by atoms with Gasteiger partial charge in [0.15, 0.2) is 6.23 Å². The Morgan fingerprint density at radius 3 is 2.41 bits per heavy atom. The van der Waals surface area contributed by atoms with Crippen molar-refractivity contribution < 1.29 is 37.2 Å². The molecule has 0 N–H and O–H groups in total. The lowest BCUT2D eigenvalue weighted by atomic mass is 9.76. The Morgan fingerprint density at radius 1 is 1.07 bits per heavy atom. The Bertz CT molecular complexity index is 1260. The van der Waals surface area contributed by atoms with Crippen molar-refractivity contribution in [2.45, 2.75) is 58.5 Å². The van der Waals surface area contributed by atoms with E-state index in [1.165, 1.54) is 18.2 Å². The number of rotatable bonds is 9. The maximum Gasteiger partial charge on any atom is 0.490 e. The first-order chi connectivity index (χ1) is 19.4. The molecule has 2 aliphatic rings. The molecular formula is C29H34F3N3O6. The van der Waals surface area contributed by atoms with Crippen molar-refractivity contribution in [3.63, 3.8) is 0 Å². The molecule has 0 bridgehead atoms. The number of carbonyl (C=O) groups is 2. The van der Waals surface area contributed by atoms with E-state index in [2.05, 4.69) is 0 Å². The fraction of sp³-hybridized carbons (Fsp3) is 0.517. The van der Waals surface area contributed by atoms with E-state index >= 15 is 0 Å². The summed E-state index contributed by atoms with van der Waals surface area (Å²) in [7, 11) is 0. The van der Waals surface area contributed by atoms with Crippen LogP contribution in [0, 0.1) is 21.4 Å². The highest BCUT2D eigenvalue weighted by molar-refractivity contribution is 5.79. The largest absolute Gasteiger partial charge is 0.493 e. The second-order valence-corrected chi connectivity index (χ2v) is 11.1. The number of hydrogen-bond donors (Lipinski definition) is 0. The lowest BCUT2D eigenvalue weighted by Gasteiger charge is -2.43. The standard InChI is InChI=1S/C29H34F3N3O6/c1-20(2)19-40-24-9-4-3-7-22(24)18-34-15-12-28(26(34)41-27(37)29(30,31)32)10-13-33(14-11-28)25(36)17-21-6-5-8-23(16-21)35(38)39/h3-9,16,20,26H,10-15,17-19H2,1-2H3. The molecule has 1 atom stereocenters. The number of nitrogens with zero attached hydrogens (tertiary/aromatic N) is 3. The second kappa shape index (κ2) is 12.5. The third-order valence-electron chi connectivity index (χ3n) is 7.71. The van der Waals surface area contributed by atoms with E-state index in [0.717, 1.165) is 5.56 Å². The molecule has 0 radical (unpaired) electrons. The number of alkyl halides is 3. The van der Waals surface area contributed by atoms with Gasteiger partial charge in [-0.1, -0.05) is 44.2 Å². The van der Waals surface area contributed by atoms with Gasteiger partial charge in [0, 0.05) is 49.3 Å². The second-order valence-electron chi connectivity index (χ2n) is 11.1. The number of likely N-dealkylation sites (tertiary alicyclic amines) is 2. The number of non-ortho nitro benzene ring substituents is 1. The number of halogens is 3. The van der Waals surface area contributed by atoms with Crippen LogP contribution in [0.2, 0.25) is 0 Å². The van der Waals surface area contributed by atoms with Gasteiger partial charge in [0.2, 0.25) is 5.91 Å². The van der Waals surface area contributed by atoms with Gasteiger partial charge in [0.05, 0.1) is 18.0 Å². The molecule has 4 rings (SSSR count). The summed E-state index contributed by atoms with van der Waals surface area (Å²) in [6.07, 6.45) is -5.08. The molecule has 222 valence electrons. The van der Waals surface area contributed by atoms with Gasteiger partial charge in [-0.15, -0.1) is 0 Å². The van der Waals surface area contributed by atoms with Gasteiger partial charge in [-0.05, 0) is 36.8 Å². The molecular weight excluding hydrogens is 543 g/mol. The lowest BCUT2D eigenvalue weighted by Crippen LogP contribution is -2.51. The maximum atomic E-state index is 13.3. The molecule has 0 saturated carbocycles. The van der Waals surface area contributed by atoms with Crippen molar-refractivity contribution in [3.8, 4) is 5.75 Å². The summed E-state index contributed by atoms with van der Waals surface area (Å²) in [4.78, 5) is 38.9. The van der Waals surface area contributed by atoms with Crippen LogP contribution in [0.3, 0.4) is 0 Å². The summed E-state index contributed by atoms with van der Waals surface area (Å²) in [6.45, 7) is 5.71. The van der Waals surface area contributed by atoms with Crippen LogP contribution in [0.4, 0.5) is 18.9 Å². The molecule has 12 heteroatoms. The predicted octanol–water partition coefficient (Wildman–Crippen LogP) is 5.12. The fourth-order valence-corrected chi connectivity index (χ4v) is 5.54. The number of para-hydroxylation sites is 1. The first-order valence-corrected chi connectivity index (χ1v) is 13.6. The molecule has 2 aromatic rings. The number of amides is 1. The van der Waals surface area contributed by atoms with Gasteiger partial charge in [0.25, 0.3) is 5.69 Å². The first-order valence-electron chi connectivity index (χ1n) is 13.6. The number of hydrogen-bond acceptors (Lipinski definition) is 7. The van der Waals surface area contributed by atoms with E-state index in [4.69, 9.17) is 9.47 Å². The van der Waals surface area contributed by atoms with Crippen molar-refractivity contribution in [2.24, 2.45) is 11.3 Å². The molecule has 2 fully saturated rings. The fourth-order valence-electron chi connectivity index (χ4n) is 5.54. The molecule has 1 spiro atoms. The third kappa shape index (κ3) is 7.35. The minimum Gasteiger partial charge on any atom is -0.493 e.